The molecule has 22 heavy (non-hydrogen) atoms. The molecule has 1 amide bonds. The highest BCUT2D eigenvalue weighted by Gasteiger charge is 2.26. The van der Waals surface area contributed by atoms with Gasteiger partial charge in [0, 0.05) is 13.1 Å². The standard InChI is InChI=1S/C17H18N2O2S/c1-13(11-14-5-3-2-4-6-14)12-15-16(20)18-17(22-15)19-7-9-21-10-8-19/h2-6,11-12H,7-10H2,1H3/b13-11?,15-12-. The number of nitrogens with zero attached hydrogens (tertiary/aromatic N) is 2. The normalized spacial score (nSPS) is 21.4. The van der Waals surface area contributed by atoms with Crippen LogP contribution >= 0.6 is 11.8 Å². The van der Waals surface area contributed by atoms with E-state index in [-0.39, 0.29) is 5.91 Å². The molecule has 114 valence electrons. The fourth-order valence-corrected chi connectivity index (χ4v) is 3.36. The van der Waals surface area contributed by atoms with Gasteiger partial charge in [0.05, 0.1) is 18.1 Å². The van der Waals surface area contributed by atoms with Gasteiger partial charge in [-0.1, -0.05) is 36.4 Å². The van der Waals surface area contributed by atoms with Crippen LogP contribution in [0, 0.1) is 0 Å². The van der Waals surface area contributed by atoms with Crippen molar-refractivity contribution in [3.05, 3.63) is 52.4 Å². The Bertz CT molecular complexity index is 644. The van der Waals surface area contributed by atoms with Gasteiger partial charge in [-0.2, -0.15) is 4.99 Å². The molecule has 0 unspecified atom stereocenters. The van der Waals surface area contributed by atoms with Crippen LogP contribution in [0.1, 0.15) is 12.5 Å². The van der Waals surface area contributed by atoms with Crippen molar-refractivity contribution in [1.82, 2.24) is 4.90 Å². The molecule has 2 heterocycles. The summed E-state index contributed by atoms with van der Waals surface area (Å²) in [5.41, 5.74) is 2.17. The third kappa shape index (κ3) is 3.67. The topological polar surface area (TPSA) is 41.9 Å². The maximum absolute atomic E-state index is 12.1. The Morgan fingerprint density at radius 3 is 2.73 bits per heavy atom. The monoisotopic (exact) mass is 314 g/mol. The molecule has 0 atom stereocenters. The van der Waals surface area contributed by atoms with E-state index in [1.165, 1.54) is 11.8 Å². The summed E-state index contributed by atoms with van der Waals surface area (Å²) < 4.78 is 5.33. The van der Waals surface area contributed by atoms with Gasteiger partial charge < -0.3 is 9.64 Å². The molecular weight excluding hydrogens is 296 g/mol. The molecule has 2 aliphatic heterocycles. The molecule has 1 aromatic rings. The van der Waals surface area contributed by atoms with Crippen molar-refractivity contribution in [3.63, 3.8) is 0 Å². The molecule has 0 bridgehead atoms. The van der Waals surface area contributed by atoms with Gasteiger partial charge >= 0.3 is 0 Å². The van der Waals surface area contributed by atoms with Crippen LogP contribution in [-0.2, 0) is 9.53 Å². The van der Waals surface area contributed by atoms with E-state index in [0.717, 1.165) is 29.4 Å². The van der Waals surface area contributed by atoms with Crippen molar-refractivity contribution in [1.29, 1.82) is 0 Å². The second kappa shape index (κ2) is 6.94. The number of allylic oxidation sites excluding steroid dienone is 2. The van der Waals surface area contributed by atoms with Crippen LogP contribution in [0.5, 0.6) is 0 Å². The molecule has 3 rings (SSSR count). The first kappa shape index (κ1) is 15.1. The smallest absolute Gasteiger partial charge is 0.286 e. The molecule has 5 heteroatoms. The second-order valence-corrected chi connectivity index (χ2v) is 6.22. The lowest BCUT2D eigenvalue weighted by atomic mass is 10.1. The average molecular weight is 314 g/mol. The van der Waals surface area contributed by atoms with Crippen molar-refractivity contribution in [3.8, 4) is 0 Å². The Balaban J connectivity index is 1.71. The van der Waals surface area contributed by atoms with Gasteiger partial charge in [0.15, 0.2) is 5.17 Å². The minimum atomic E-state index is -0.146. The fourth-order valence-electron chi connectivity index (χ4n) is 2.35. The van der Waals surface area contributed by atoms with Crippen molar-refractivity contribution in [2.45, 2.75) is 6.92 Å². The van der Waals surface area contributed by atoms with Gasteiger partial charge in [-0.25, -0.2) is 0 Å². The number of benzene rings is 1. The van der Waals surface area contributed by atoms with E-state index >= 15 is 0 Å². The molecular formula is C17H18N2O2S. The highest BCUT2D eigenvalue weighted by atomic mass is 32.2. The van der Waals surface area contributed by atoms with Gasteiger partial charge in [0.2, 0.25) is 0 Å². The van der Waals surface area contributed by atoms with E-state index in [0.29, 0.717) is 18.1 Å². The van der Waals surface area contributed by atoms with Crippen LogP contribution in [0.2, 0.25) is 0 Å². The Labute approximate surface area is 134 Å². The highest BCUT2D eigenvalue weighted by Crippen LogP contribution is 2.30. The van der Waals surface area contributed by atoms with Gasteiger partial charge in [-0.05, 0) is 35.9 Å². The molecule has 0 spiro atoms. The zero-order valence-electron chi connectivity index (χ0n) is 12.5. The number of rotatable bonds is 2. The van der Waals surface area contributed by atoms with Gasteiger partial charge in [-0.15, -0.1) is 0 Å². The SMILES string of the molecule is CC(=Cc1ccccc1)/C=C1\SC(N2CCOCC2)=NC1=O. The van der Waals surface area contributed by atoms with E-state index in [4.69, 9.17) is 4.74 Å². The van der Waals surface area contributed by atoms with Crippen molar-refractivity contribution in [2.75, 3.05) is 26.3 Å². The summed E-state index contributed by atoms with van der Waals surface area (Å²) in [5.74, 6) is -0.146. The molecule has 1 aromatic carbocycles. The van der Waals surface area contributed by atoms with Crippen molar-refractivity contribution < 1.29 is 9.53 Å². The molecule has 1 fully saturated rings. The summed E-state index contributed by atoms with van der Waals surface area (Å²) in [5, 5.41) is 0.798. The molecule has 0 aromatic heterocycles. The molecule has 0 N–H and O–H groups in total. The van der Waals surface area contributed by atoms with Gasteiger partial charge in [0.1, 0.15) is 0 Å². The predicted octanol–water partition coefficient (Wildman–Crippen LogP) is 2.94. The van der Waals surface area contributed by atoms with Crippen molar-refractivity contribution in [2.24, 2.45) is 4.99 Å². The second-order valence-electron chi connectivity index (χ2n) is 5.21. The lowest BCUT2D eigenvalue weighted by molar-refractivity contribution is -0.113. The number of ether oxygens (including phenoxy) is 1. The summed E-state index contributed by atoms with van der Waals surface area (Å²) in [7, 11) is 0. The number of carbonyl (C=O) groups is 1. The summed E-state index contributed by atoms with van der Waals surface area (Å²) in [4.78, 5) is 19.0. The fraction of sp³-hybridized carbons (Fsp3) is 0.294. The molecule has 0 aliphatic carbocycles. The van der Waals surface area contributed by atoms with Crippen LogP contribution in [0.15, 0.2) is 51.9 Å². The number of hydrogen-bond donors (Lipinski definition) is 0. The number of hydrogen-bond acceptors (Lipinski definition) is 4. The Morgan fingerprint density at radius 1 is 1.27 bits per heavy atom. The summed E-state index contributed by atoms with van der Waals surface area (Å²) in [6.07, 6.45) is 3.98. The van der Waals surface area contributed by atoms with E-state index in [9.17, 15) is 4.79 Å². The lowest BCUT2D eigenvalue weighted by Gasteiger charge is -2.27. The highest BCUT2D eigenvalue weighted by molar-refractivity contribution is 8.18. The molecule has 4 nitrogen and oxygen atoms in total. The summed E-state index contributed by atoms with van der Waals surface area (Å²) >= 11 is 1.46. The number of aliphatic imine (C=N–C) groups is 1. The molecule has 0 radical (unpaired) electrons. The summed E-state index contributed by atoms with van der Waals surface area (Å²) in [6.45, 7) is 4.98. The maximum atomic E-state index is 12.1. The third-order valence-electron chi connectivity index (χ3n) is 3.44. The predicted molar refractivity (Wildman–Crippen MR) is 90.6 cm³/mol. The largest absolute Gasteiger partial charge is 0.378 e. The number of amides is 1. The zero-order chi connectivity index (χ0) is 15.4. The molecule has 2 aliphatic rings. The number of thioether (sulfide) groups is 1. The maximum Gasteiger partial charge on any atom is 0.286 e. The Kier molecular flexibility index (Phi) is 4.75. The molecule has 0 saturated carbocycles. The molecule has 1 saturated heterocycles. The van der Waals surface area contributed by atoms with E-state index < -0.39 is 0 Å². The van der Waals surface area contributed by atoms with Crippen LogP contribution in [-0.4, -0.2) is 42.3 Å². The average Bonchev–Trinajstić information content (AvgIpc) is 2.90. The minimum absolute atomic E-state index is 0.146. The van der Waals surface area contributed by atoms with Crippen molar-refractivity contribution >= 4 is 28.9 Å². The third-order valence-corrected chi connectivity index (χ3v) is 4.49. The Hall–Kier alpha value is -1.85. The number of amidine groups is 1. The summed E-state index contributed by atoms with van der Waals surface area (Å²) in [6, 6.07) is 10.1. The van der Waals surface area contributed by atoms with Crippen LogP contribution in [0.3, 0.4) is 0 Å². The first-order valence-electron chi connectivity index (χ1n) is 7.31. The van der Waals surface area contributed by atoms with Crippen LogP contribution in [0.25, 0.3) is 6.08 Å². The van der Waals surface area contributed by atoms with Crippen LogP contribution < -0.4 is 0 Å². The first-order chi connectivity index (χ1) is 10.7. The Morgan fingerprint density at radius 2 is 2.00 bits per heavy atom. The zero-order valence-corrected chi connectivity index (χ0v) is 13.3. The minimum Gasteiger partial charge on any atom is -0.378 e. The first-order valence-corrected chi connectivity index (χ1v) is 8.12. The quantitative estimate of drug-likeness (QED) is 0.787. The van der Waals surface area contributed by atoms with Gasteiger partial charge in [0.25, 0.3) is 5.91 Å². The van der Waals surface area contributed by atoms with Crippen LogP contribution in [0.4, 0.5) is 0 Å². The number of morpholine rings is 1. The number of carbonyl (C=O) groups excluding carboxylic acids is 1. The van der Waals surface area contributed by atoms with E-state index in [1.54, 1.807) is 0 Å². The lowest BCUT2D eigenvalue weighted by Crippen LogP contribution is -2.38. The van der Waals surface area contributed by atoms with E-state index in [2.05, 4.69) is 16.0 Å². The van der Waals surface area contributed by atoms with E-state index in [1.807, 2.05) is 43.3 Å². The van der Waals surface area contributed by atoms with Gasteiger partial charge in [-0.3, -0.25) is 4.79 Å².